The molecule has 1 N–H and O–H groups in total. The number of aliphatic hydroxyl groups is 1. The summed E-state index contributed by atoms with van der Waals surface area (Å²) in [5.74, 6) is -0.453. The van der Waals surface area contributed by atoms with E-state index in [0.29, 0.717) is 46.5 Å². The van der Waals surface area contributed by atoms with Crippen LogP contribution in [0.15, 0.2) is 78.4 Å². The third kappa shape index (κ3) is 4.87. The van der Waals surface area contributed by atoms with Gasteiger partial charge < -0.3 is 14.6 Å². The van der Waals surface area contributed by atoms with Crippen molar-refractivity contribution in [3.8, 4) is 11.5 Å². The lowest BCUT2D eigenvalue weighted by Gasteiger charge is -2.23. The van der Waals surface area contributed by atoms with Gasteiger partial charge in [0.15, 0.2) is 5.13 Å². The second-order valence-electron chi connectivity index (χ2n) is 8.87. The van der Waals surface area contributed by atoms with Crippen molar-refractivity contribution in [3.05, 3.63) is 89.5 Å². The Bertz CT molecular complexity index is 1510. The topological polar surface area (TPSA) is 89.0 Å². The van der Waals surface area contributed by atoms with Crippen LogP contribution in [-0.4, -0.2) is 35.0 Å². The Morgan fingerprint density at radius 3 is 2.53 bits per heavy atom. The molecule has 1 amide bonds. The summed E-state index contributed by atoms with van der Waals surface area (Å²) in [7, 11) is 0. The number of hydrogen-bond acceptors (Lipinski definition) is 7. The fourth-order valence-electron chi connectivity index (χ4n) is 4.46. The summed E-state index contributed by atoms with van der Waals surface area (Å²) in [6, 6.07) is 20.8. The van der Waals surface area contributed by atoms with Crippen LogP contribution in [0.4, 0.5) is 5.13 Å². The van der Waals surface area contributed by atoms with Gasteiger partial charge in [-0.05, 0) is 49.2 Å². The van der Waals surface area contributed by atoms with E-state index in [9.17, 15) is 14.7 Å². The van der Waals surface area contributed by atoms with Crippen molar-refractivity contribution in [3.63, 3.8) is 0 Å². The maximum absolute atomic E-state index is 13.5. The zero-order valence-corrected chi connectivity index (χ0v) is 22.0. The summed E-state index contributed by atoms with van der Waals surface area (Å²) < 4.78 is 12.2. The van der Waals surface area contributed by atoms with Crippen molar-refractivity contribution in [2.45, 2.75) is 32.7 Å². The SMILES string of the molecule is CCCCOc1cccc(/C(O)=C2\C(=O)C(=O)N(c3nc4ccc(OCC)cc4s3)C2c2ccccc2)c1. The Morgan fingerprint density at radius 2 is 1.76 bits per heavy atom. The zero-order valence-electron chi connectivity index (χ0n) is 21.2. The number of ketones is 1. The summed E-state index contributed by atoms with van der Waals surface area (Å²) in [5.41, 5.74) is 1.81. The van der Waals surface area contributed by atoms with Crippen LogP contribution in [-0.2, 0) is 9.59 Å². The molecule has 1 aromatic heterocycles. The van der Waals surface area contributed by atoms with E-state index < -0.39 is 17.7 Å². The van der Waals surface area contributed by atoms with E-state index in [-0.39, 0.29) is 11.3 Å². The standard InChI is InChI=1S/C30H28N2O5S/c1-3-5-16-37-21-13-9-12-20(17-21)27(33)25-26(19-10-7-6-8-11-19)32(29(35)28(25)34)30-31-23-15-14-22(36-4-2)18-24(23)38-30/h6-15,17-18,26,33H,3-5,16H2,1-2H3/b27-25+. The molecule has 0 spiro atoms. The minimum absolute atomic E-state index is 0.0150. The molecule has 1 aliphatic heterocycles. The fraction of sp³-hybridized carbons (Fsp3) is 0.233. The number of benzene rings is 3. The number of aromatic nitrogens is 1. The first-order chi connectivity index (χ1) is 18.5. The molecule has 0 aliphatic carbocycles. The van der Waals surface area contributed by atoms with E-state index in [0.717, 1.165) is 17.5 Å². The Hall–Kier alpha value is -4.17. The molecule has 2 heterocycles. The number of rotatable bonds is 9. The highest BCUT2D eigenvalue weighted by atomic mass is 32.1. The van der Waals surface area contributed by atoms with Crippen LogP contribution in [0.2, 0.25) is 0 Å². The first-order valence-corrected chi connectivity index (χ1v) is 13.5. The van der Waals surface area contributed by atoms with Crippen molar-refractivity contribution in [1.29, 1.82) is 0 Å². The van der Waals surface area contributed by atoms with E-state index in [2.05, 4.69) is 11.9 Å². The van der Waals surface area contributed by atoms with Crippen LogP contribution in [0, 0.1) is 0 Å². The fourth-order valence-corrected chi connectivity index (χ4v) is 5.48. The number of carbonyl (C=O) groups is 2. The van der Waals surface area contributed by atoms with Gasteiger partial charge in [-0.3, -0.25) is 14.5 Å². The van der Waals surface area contributed by atoms with Crippen LogP contribution in [0.5, 0.6) is 11.5 Å². The van der Waals surface area contributed by atoms with E-state index in [1.54, 1.807) is 24.3 Å². The molecule has 8 heteroatoms. The van der Waals surface area contributed by atoms with Crippen molar-refractivity contribution >= 4 is 44.1 Å². The van der Waals surface area contributed by atoms with Crippen molar-refractivity contribution in [2.75, 3.05) is 18.1 Å². The maximum Gasteiger partial charge on any atom is 0.301 e. The molecule has 1 aliphatic rings. The molecular weight excluding hydrogens is 500 g/mol. The molecule has 0 bridgehead atoms. The summed E-state index contributed by atoms with van der Waals surface area (Å²) >= 11 is 1.30. The van der Waals surface area contributed by atoms with Crippen LogP contribution in [0.1, 0.15) is 43.9 Å². The van der Waals surface area contributed by atoms with Gasteiger partial charge in [0, 0.05) is 5.56 Å². The highest BCUT2D eigenvalue weighted by Crippen LogP contribution is 2.44. The predicted molar refractivity (Wildman–Crippen MR) is 149 cm³/mol. The monoisotopic (exact) mass is 528 g/mol. The van der Waals surface area contributed by atoms with Crippen LogP contribution in [0.3, 0.4) is 0 Å². The normalized spacial score (nSPS) is 16.8. The lowest BCUT2D eigenvalue weighted by molar-refractivity contribution is -0.132. The van der Waals surface area contributed by atoms with E-state index in [4.69, 9.17) is 9.47 Å². The van der Waals surface area contributed by atoms with Gasteiger partial charge in [-0.15, -0.1) is 0 Å². The van der Waals surface area contributed by atoms with Gasteiger partial charge in [-0.25, -0.2) is 4.98 Å². The highest BCUT2D eigenvalue weighted by Gasteiger charge is 2.48. The number of aliphatic hydroxyl groups excluding tert-OH is 1. The quantitative estimate of drug-likeness (QED) is 0.115. The van der Waals surface area contributed by atoms with Crippen molar-refractivity contribution < 1.29 is 24.2 Å². The second kappa shape index (κ2) is 11.1. The van der Waals surface area contributed by atoms with Crippen LogP contribution >= 0.6 is 11.3 Å². The van der Waals surface area contributed by atoms with Crippen LogP contribution in [0.25, 0.3) is 16.0 Å². The molecule has 3 aromatic carbocycles. The molecule has 0 saturated carbocycles. The summed E-state index contributed by atoms with van der Waals surface area (Å²) in [6.07, 6.45) is 1.91. The first-order valence-electron chi connectivity index (χ1n) is 12.6. The molecule has 1 saturated heterocycles. The Balaban J connectivity index is 1.61. The highest BCUT2D eigenvalue weighted by molar-refractivity contribution is 7.22. The van der Waals surface area contributed by atoms with Gasteiger partial charge in [0.05, 0.1) is 35.0 Å². The Labute approximate surface area is 225 Å². The molecule has 5 rings (SSSR count). The molecule has 1 unspecified atom stereocenters. The van der Waals surface area contributed by atoms with Gasteiger partial charge in [0.25, 0.3) is 5.78 Å². The summed E-state index contributed by atoms with van der Waals surface area (Å²) in [5, 5.41) is 11.8. The van der Waals surface area contributed by atoms with Gasteiger partial charge in [0.1, 0.15) is 17.3 Å². The average Bonchev–Trinajstić information content (AvgIpc) is 3.47. The number of Topliss-reactive ketones (excluding diaryl/α,β-unsaturated/α-hetero) is 1. The second-order valence-corrected chi connectivity index (χ2v) is 9.88. The first kappa shape index (κ1) is 25.5. The van der Waals surface area contributed by atoms with E-state index in [1.165, 1.54) is 16.2 Å². The Kier molecular flexibility index (Phi) is 7.42. The molecule has 0 radical (unpaired) electrons. The molecular formula is C30H28N2O5S. The molecule has 38 heavy (non-hydrogen) atoms. The number of anilines is 1. The molecule has 194 valence electrons. The summed E-state index contributed by atoms with van der Waals surface area (Å²) in [6.45, 7) is 5.08. The van der Waals surface area contributed by atoms with Crippen LogP contribution < -0.4 is 14.4 Å². The Morgan fingerprint density at radius 1 is 0.974 bits per heavy atom. The van der Waals surface area contributed by atoms with E-state index >= 15 is 0 Å². The van der Waals surface area contributed by atoms with Crippen molar-refractivity contribution in [1.82, 2.24) is 4.98 Å². The lowest BCUT2D eigenvalue weighted by Crippen LogP contribution is -2.29. The smallest absolute Gasteiger partial charge is 0.301 e. The number of fused-ring (bicyclic) bond motifs is 1. The number of nitrogens with zero attached hydrogens (tertiary/aromatic N) is 2. The number of ether oxygens (including phenoxy) is 2. The number of amides is 1. The number of carbonyl (C=O) groups excluding carboxylic acids is 2. The molecule has 1 fully saturated rings. The van der Waals surface area contributed by atoms with Gasteiger partial charge in [-0.1, -0.05) is 67.1 Å². The molecule has 1 atom stereocenters. The van der Waals surface area contributed by atoms with Crippen molar-refractivity contribution in [2.24, 2.45) is 0 Å². The van der Waals surface area contributed by atoms with Gasteiger partial charge in [0.2, 0.25) is 0 Å². The average molecular weight is 529 g/mol. The maximum atomic E-state index is 13.5. The number of hydrogen-bond donors (Lipinski definition) is 1. The molecule has 4 aromatic rings. The zero-order chi connectivity index (χ0) is 26.6. The third-order valence-electron chi connectivity index (χ3n) is 6.30. The minimum atomic E-state index is -0.840. The van der Waals surface area contributed by atoms with Gasteiger partial charge >= 0.3 is 5.91 Å². The predicted octanol–water partition coefficient (Wildman–Crippen LogP) is 6.50. The largest absolute Gasteiger partial charge is 0.507 e. The van der Waals surface area contributed by atoms with E-state index in [1.807, 2.05) is 55.5 Å². The number of thiazole rings is 1. The minimum Gasteiger partial charge on any atom is -0.507 e. The third-order valence-corrected chi connectivity index (χ3v) is 7.32. The molecule has 7 nitrogen and oxygen atoms in total. The summed E-state index contributed by atoms with van der Waals surface area (Å²) in [4.78, 5) is 33.0. The lowest BCUT2D eigenvalue weighted by atomic mass is 9.95. The number of unbranched alkanes of at least 4 members (excludes halogenated alkanes) is 1. The van der Waals surface area contributed by atoms with Gasteiger partial charge in [-0.2, -0.15) is 0 Å².